The van der Waals surface area contributed by atoms with E-state index in [9.17, 15) is 9.90 Å². The van der Waals surface area contributed by atoms with E-state index in [1.807, 2.05) is 50.3 Å². The Balaban J connectivity index is 2.17. The van der Waals surface area contributed by atoms with E-state index >= 15 is 0 Å². The Bertz CT molecular complexity index is 802. The van der Waals surface area contributed by atoms with Crippen LogP contribution in [0.4, 0.5) is 0 Å². The molecule has 4 heteroatoms. The number of hydrogen-bond acceptors (Lipinski definition) is 4. The molecule has 0 spiro atoms. The molecular weight excluding hydrogens is 304 g/mol. The molecular formula is C20H20O4. The fourth-order valence-corrected chi connectivity index (χ4v) is 2.93. The molecule has 0 saturated heterocycles. The minimum absolute atomic E-state index is 0.107. The maximum Gasteiger partial charge on any atom is 0.174 e. The van der Waals surface area contributed by atoms with Crippen molar-refractivity contribution in [1.82, 2.24) is 0 Å². The lowest BCUT2D eigenvalue weighted by Crippen LogP contribution is -2.21. The molecule has 3 rings (SSSR count). The Morgan fingerprint density at radius 1 is 1.29 bits per heavy atom. The summed E-state index contributed by atoms with van der Waals surface area (Å²) in [6.07, 6.45) is 1.73. The van der Waals surface area contributed by atoms with Crippen LogP contribution in [0.15, 0.2) is 42.0 Å². The van der Waals surface area contributed by atoms with E-state index in [2.05, 4.69) is 0 Å². The molecule has 4 nitrogen and oxygen atoms in total. The first-order chi connectivity index (χ1) is 11.5. The van der Waals surface area contributed by atoms with Crippen molar-refractivity contribution in [3.8, 4) is 17.2 Å². The quantitative estimate of drug-likeness (QED) is 0.901. The van der Waals surface area contributed by atoms with Crippen LogP contribution >= 0.6 is 0 Å². The first kappa shape index (κ1) is 16.1. The molecule has 1 atom stereocenters. The van der Waals surface area contributed by atoms with Gasteiger partial charge in [0.2, 0.25) is 0 Å². The number of hydrogen-bond donors (Lipinski definition) is 1. The number of Topliss-reactive ketones (excluding diaryl/α,β-unsaturated/α-hetero) is 1. The standard InChI is InChI=1S/C20H20O4/c1-12(2)9-14-18(23-3)11-16(22)19-15(21)10-17(24-20(14)19)13-7-5-4-6-8-13/h4-9,11,17,22H,10H2,1-3H3/t17-/m0/s1. The maximum absolute atomic E-state index is 12.6. The summed E-state index contributed by atoms with van der Waals surface area (Å²) in [7, 11) is 1.53. The molecule has 0 saturated carbocycles. The van der Waals surface area contributed by atoms with Gasteiger partial charge in [0.15, 0.2) is 5.78 Å². The molecule has 0 aromatic heterocycles. The topological polar surface area (TPSA) is 55.8 Å². The molecule has 0 aliphatic carbocycles. The van der Waals surface area contributed by atoms with Gasteiger partial charge in [-0.1, -0.05) is 35.9 Å². The van der Waals surface area contributed by atoms with Crippen LogP contribution in [0.1, 0.15) is 47.9 Å². The van der Waals surface area contributed by atoms with E-state index < -0.39 is 0 Å². The van der Waals surface area contributed by atoms with Crippen LogP contribution in [0.3, 0.4) is 0 Å². The SMILES string of the molecule is COc1cc(O)c2c(c1C=C(C)C)O[C@H](c1ccccc1)CC2=O. The average molecular weight is 324 g/mol. The van der Waals surface area contributed by atoms with Gasteiger partial charge in [-0.25, -0.2) is 0 Å². The molecule has 124 valence electrons. The van der Waals surface area contributed by atoms with Crippen molar-refractivity contribution in [1.29, 1.82) is 0 Å². The summed E-state index contributed by atoms with van der Waals surface area (Å²) in [5.74, 6) is 0.630. The summed E-state index contributed by atoms with van der Waals surface area (Å²) in [6.45, 7) is 3.91. The summed E-state index contributed by atoms with van der Waals surface area (Å²) in [4.78, 5) is 12.6. The number of rotatable bonds is 3. The minimum Gasteiger partial charge on any atom is -0.507 e. The number of carbonyl (C=O) groups is 1. The van der Waals surface area contributed by atoms with Crippen LogP contribution in [-0.2, 0) is 0 Å². The van der Waals surface area contributed by atoms with E-state index in [-0.39, 0.29) is 29.6 Å². The number of fused-ring (bicyclic) bond motifs is 1. The molecule has 0 fully saturated rings. The number of benzene rings is 2. The Hall–Kier alpha value is -2.75. The molecule has 1 N–H and O–H groups in total. The zero-order valence-corrected chi connectivity index (χ0v) is 14.0. The summed E-state index contributed by atoms with van der Waals surface area (Å²) in [5.41, 5.74) is 2.88. The van der Waals surface area contributed by atoms with Gasteiger partial charge in [0.1, 0.15) is 28.9 Å². The van der Waals surface area contributed by atoms with E-state index in [0.717, 1.165) is 11.1 Å². The number of ether oxygens (including phenoxy) is 2. The highest BCUT2D eigenvalue weighted by atomic mass is 16.5. The van der Waals surface area contributed by atoms with Crippen molar-refractivity contribution >= 4 is 11.9 Å². The summed E-state index contributed by atoms with van der Waals surface area (Å²) < 4.78 is 11.5. The van der Waals surface area contributed by atoms with E-state index in [1.165, 1.54) is 13.2 Å². The zero-order valence-electron chi connectivity index (χ0n) is 14.0. The Morgan fingerprint density at radius 2 is 2.00 bits per heavy atom. The molecule has 0 unspecified atom stereocenters. The third kappa shape index (κ3) is 2.87. The number of ketones is 1. The van der Waals surface area contributed by atoms with Gasteiger partial charge >= 0.3 is 0 Å². The lowest BCUT2D eigenvalue weighted by Gasteiger charge is -2.28. The first-order valence-corrected chi connectivity index (χ1v) is 7.85. The largest absolute Gasteiger partial charge is 0.507 e. The third-order valence-electron chi connectivity index (χ3n) is 4.00. The molecule has 0 bridgehead atoms. The predicted octanol–water partition coefficient (Wildman–Crippen LogP) is 4.53. The molecule has 1 aliphatic rings. The van der Waals surface area contributed by atoms with Crippen molar-refractivity contribution in [3.05, 3.63) is 58.7 Å². The molecule has 0 radical (unpaired) electrons. The van der Waals surface area contributed by atoms with Crippen LogP contribution in [0.2, 0.25) is 0 Å². The fourth-order valence-electron chi connectivity index (χ4n) is 2.93. The van der Waals surface area contributed by atoms with Crippen molar-refractivity contribution in [2.75, 3.05) is 7.11 Å². The van der Waals surface area contributed by atoms with Crippen LogP contribution in [0.5, 0.6) is 17.2 Å². The summed E-state index contributed by atoms with van der Waals surface area (Å²) >= 11 is 0. The van der Waals surface area contributed by atoms with Gasteiger partial charge < -0.3 is 14.6 Å². The van der Waals surface area contributed by atoms with Crippen LogP contribution < -0.4 is 9.47 Å². The molecule has 1 aliphatic heterocycles. The number of phenols is 1. The molecule has 2 aromatic carbocycles. The number of carbonyl (C=O) groups excluding carboxylic acids is 1. The second-order valence-corrected chi connectivity index (χ2v) is 6.08. The highest BCUT2D eigenvalue weighted by Crippen LogP contribution is 2.46. The number of methoxy groups -OCH3 is 1. The highest BCUT2D eigenvalue weighted by Gasteiger charge is 2.33. The predicted molar refractivity (Wildman–Crippen MR) is 92.7 cm³/mol. The maximum atomic E-state index is 12.6. The smallest absolute Gasteiger partial charge is 0.174 e. The van der Waals surface area contributed by atoms with Crippen molar-refractivity contribution in [2.45, 2.75) is 26.4 Å². The summed E-state index contributed by atoms with van der Waals surface area (Å²) in [6, 6.07) is 11.1. The van der Waals surface area contributed by atoms with Crippen molar-refractivity contribution in [2.24, 2.45) is 0 Å². The molecule has 2 aromatic rings. The molecule has 0 amide bonds. The van der Waals surface area contributed by atoms with E-state index in [1.54, 1.807) is 0 Å². The van der Waals surface area contributed by atoms with E-state index in [0.29, 0.717) is 17.1 Å². The number of allylic oxidation sites excluding steroid dienone is 1. The van der Waals surface area contributed by atoms with Crippen LogP contribution in [-0.4, -0.2) is 18.0 Å². The Morgan fingerprint density at radius 3 is 2.62 bits per heavy atom. The van der Waals surface area contributed by atoms with Gasteiger partial charge in [0.05, 0.1) is 19.1 Å². The van der Waals surface area contributed by atoms with Gasteiger partial charge in [-0.3, -0.25) is 4.79 Å². The summed E-state index contributed by atoms with van der Waals surface area (Å²) in [5, 5.41) is 10.3. The fraction of sp³-hybridized carbons (Fsp3) is 0.250. The molecule has 24 heavy (non-hydrogen) atoms. The van der Waals surface area contributed by atoms with Gasteiger partial charge in [-0.2, -0.15) is 0 Å². The lowest BCUT2D eigenvalue weighted by molar-refractivity contribution is 0.0844. The highest BCUT2D eigenvalue weighted by molar-refractivity contribution is 6.04. The van der Waals surface area contributed by atoms with Gasteiger partial charge in [0, 0.05) is 6.07 Å². The Labute approximate surface area is 141 Å². The third-order valence-corrected chi connectivity index (χ3v) is 4.00. The first-order valence-electron chi connectivity index (χ1n) is 7.85. The average Bonchev–Trinajstić information content (AvgIpc) is 2.57. The van der Waals surface area contributed by atoms with Gasteiger partial charge in [-0.15, -0.1) is 0 Å². The number of phenolic OH excluding ortho intramolecular Hbond substituents is 1. The lowest BCUT2D eigenvalue weighted by atomic mass is 9.93. The second kappa shape index (κ2) is 6.40. The monoisotopic (exact) mass is 324 g/mol. The van der Waals surface area contributed by atoms with Crippen molar-refractivity contribution < 1.29 is 19.4 Å². The Kier molecular flexibility index (Phi) is 4.30. The zero-order chi connectivity index (χ0) is 17.3. The normalized spacial score (nSPS) is 16.1. The van der Waals surface area contributed by atoms with Crippen molar-refractivity contribution in [3.63, 3.8) is 0 Å². The minimum atomic E-state index is -0.373. The second-order valence-electron chi connectivity index (χ2n) is 6.08. The molecule has 1 heterocycles. The van der Waals surface area contributed by atoms with Crippen LogP contribution in [0, 0.1) is 0 Å². The van der Waals surface area contributed by atoms with Gasteiger partial charge in [-0.05, 0) is 25.5 Å². The number of aromatic hydroxyl groups is 1. The van der Waals surface area contributed by atoms with Crippen LogP contribution in [0.25, 0.3) is 6.08 Å². The van der Waals surface area contributed by atoms with E-state index in [4.69, 9.17) is 9.47 Å². The van der Waals surface area contributed by atoms with Gasteiger partial charge in [0.25, 0.3) is 0 Å².